The van der Waals surface area contributed by atoms with Crippen LogP contribution in [0.5, 0.6) is 5.75 Å². The maximum absolute atomic E-state index is 13.7. The molecule has 2 aromatic rings. The van der Waals surface area contributed by atoms with E-state index in [1.807, 2.05) is 31.4 Å². The molecule has 10 nitrogen and oxygen atoms in total. The number of Topliss-reactive ketones (excluding diaryl/α,β-unsaturated/α-hetero) is 1. The van der Waals surface area contributed by atoms with Crippen molar-refractivity contribution in [3.8, 4) is 5.75 Å². The van der Waals surface area contributed by atoms with E-state index in [1.54, 1.807) is 24.3 Å². The van der Waals surface area contributed by atoms with Gasteiger partial charge in [-0.25, -0.2) is 8.78 Å². The van der Waals surface area contributed by atoms with Gasteiger partial charge in [-0.2, -0.15) is 8.78 Å². The standard InChI is InChI=1S/C25H25F4N3O7/c1-25(2,3)12-6-4-5-7-15(12)32-24(38)23(37)30-10-18(34)31-16(9-19(35)36)17(33)11-39-22-20(28)13(26)8-14(27)21(22)29/h4-8,16H,9-11H2,1-3H3,(H,30,37)(H,31,34)(H,32,38)(H,35,36). The molecule has 0 saturated carbocycles. The number of nitrogens with one attached hydrogen (secondary N) is 3. The van der Waals surface area contributed by atoms with Crippen molar-refractivity contribution in [3.63, 3.8) is 0 Å². The molecule has 0 aliphatic heterocycles. The molecule has 0 aliphatic rings. The third kappa shape index (κ3) is 8.51. The van der Waals surface area contributed by atoms with Gasteiger partial charge in [0.2, 0.25) is 17.5 Å². The first-order valence-corrected chi connectivity index (χ1v) is 11.3. The Hall–Kier alpha value is -4.49. The third-order valence-electron chi connectivity index (χ3n) is 5.13. The van der Waals surface area contributed by atoms with Gasteiger partial charge in [-0.1, -0.05) is 39.0 Å². The summed E-state index contributed by atoms with van der Waals surface area (Å²) in [5, 5.41) is 15.4. The average molecular weight is 555 g/mol. The van der Waals surface area contributed by atoms with Gasteiger partial charge in [-0.15, -0.1) is 0 Å². The lowest BCUT2D eigenvalue weighted by Crippen LogP contribution is -2.49. The highest BCUT2D eigenvalue weighted by molar-refractivity contribution is 6.40. The normalized spacial score (nSPS) is 11.8. The number of anilines is 1. The van der Waals surface area contributed by atoms with E-state index in [0.29, 0.717) is 5.69 Å². The Labute approximate surface area is 219 Å². The number of ketones is 1. The van der Waals surface area contributed by atoms with Crippen LogP contribution in [0.2, 0.25) is 0 Å². The van der Waals surface area contributed by atoms with Gasteiger partial charge in [0, 0.05) is 11.8 Å². The Morgan fingerprint density at radius 1 is 0.949 bits per heavy atom. The number of halogens is 4. The van der Waals surface area contributed by atoms with Crippen LogP contribution in [0.4, 0.5) is 23.2 Å². The second-order valence-corrected chi connectivity index (χ2v) is 9.20. The first-order valence-electron chi connectivity index (χ1n) is 11.3. The minimum Gasteiger partial charge on any atom is -0.481 e. The zero-order chi connectivity index (χ0) is 29.5. The van der Waals surface area contributed by atoms with Gasteiger partial charge in [0.05, 0.1) is 13.0 Å². The molecule has 0 saturated heterocycles. The van der Waals surface area contributed by atoms with Crippen molar-refractivity contribution in [1.29, 1.82) is 0 Å². The smallest absolute Gasteiger partial charge is 0.313 e. The van der Waals surface area contributed by atoms with E-state index in [-0.39, 0.29) is 11.5 Å². The number of amides is 3. The van der Waals surface area contributed by atoms with Gasteiger partial charge in [-0.05, 0) is 17.0 Å². The van der Waals surface area contributed by atoms with Crippen LogP contribution in [0.1, 0.15) is 32.8 Å². The molecule has 210 valence electrons. The molecule has 0 bridgehead atoms. The van der Waals surface area contributed by atoms with Crippen molar-refractivity contribution in [1.82, 2.24) is 10.6 Å². The lowest BCUT2D eigenvalue weighted by atomic mass is 9.86. The van der Waals surface area contributed by atoms with Crippen molar-refractivity contribution in [3.05, 3.63) is 59.2 Å². The number of carbonyl (C=O) groups is 5. The van der Waals surface area contributed by atoms with Crippen LogP contribution in [0.15, 0.2) is 30.3 Å². The highest BCUT2D eigenvalue weighted by Gasteiger charge is 2.27. The average Bonchev–Trinajstić information content (AvgIpc) is 2.84. The Morgan fingerprint density at radius 2 is 1.54 bits per heavy atom. The fraction of sp³-hybridized carbons (Fsp3) is 0.320. The largest absolute Gasteiger partial charge is 0.481 e. The maximum Gasteiger partial charge on any atom is 0.313 e. The molecule has 39 heavy (non-hydrogen) atoms. The monoisotopic (exact) mass is 555 g/mol. The molecule has 14 heteroatoms. The van der Waals surface area contributed by atoms with Gasteiger partial charge in [0.1, 0.15) is 12.6 Å². The Bertz CT molecular complexity index is 1270. The number of carbonyl (C=O) groups excluding carboxylic acids is 4. The van der Waals surface area contributed by atoms with Crippen molar-refractivity contribution in [2.75, 3.05) is 18.5 Å². The molecule has 2 rings (SSSR count). The number of rotatable bonds is 10. The summed E-state index contributed by atoms with van der Waals surface area (Å²) in [7, 11) is 0. The van der Waals surface area contributed by atoms with E-state index in [0.717, 1.165) is 5.56 Å². The van der Waals surface area contributed by atoms with E-state index in [4.69, 9.17) is 5.11 Å². The number of ether oxygens (including phenoxy) is 1. The zero-order valence-corrected chi connectivity index (χ0v) is 21.0. The minimum atomic E-state index is -1.92. The van der Waals surface area contributed by atoms with E-state index < -0.39 is 84.1 Å². The third-order valence-corrected chi connectivity index (χ3v) is 5.13. The van der Waals surface area contributed by atoms with Crippen molar-refractivity contribution in [2.45, 2.75) is 38.6 Å². The fourth-order valence-electron chi connectivity index (χ4n) is 3.25. The van der Waals surface area contributed by atoms with Gasteiger partial charge >= 0.3 is 17.8 Å². The number of carboxylic acid groups (broad SMARTS) is 1. The van der Waals surface area contributed by atoms with E-state index in [1.165, 1.54) is 0 Å². The summed E-state index contributed by atoms with van der Waals surface area (Å²) in [5.41, 5.74) is 0.741. The molecule has 0 spiro atoms. The first-order chi connectivity index (χ1) is 18.1. The van der Waals surface area contributed by atoms with Gasteiger partial charge in [-0.3, -0.25) is 24.0 Å². The molecule has 1 atom stereocenters. The van der Waals surface area contributed by atoms with Gasteiger partial charge < -0.3 is 25.8 Å². The predicted molar refractivity (Wildman–Crippen MR) is 128 cm³/mol. The molecule has 1 unspecified atom stereocenters. The quantitative estimate of drug-likeness (QED) is 0.199. The lowest BCUT2D eigenvalue weighted by molar-refractivity contribution is -0.140. The van der Waals surface area contributed by atoms with Crippen LogP contribution in [-0.2, 0) is 29.4 Å². The van der Waals surface area contributed by atoms with Gasteiger partial charge in [0.25, 0.3) is 0 Å². The highest BCUT2D eigenvalue weighted by Crippen LogP contribution is 2.29. The first kappa shape index (κ1) is 30.7. The van der Waals surface area contributed by atoms with Crippen LogP contribution in [0, 0.1) is 23.3 Å². The summed E-state index contributed by atoms with van der Waals surface area (Å²) in [5.74, 6) is -15.2. The molecule has 0 aliphatic carbocycles. The summed E-state index contributed by atoms with van der Waals surface area (Å²) >= 11 is 0. The zero-order valence-electron chi connectivity index (χ0n) is 21.0. The number of carboxylic acids is 1. The second-order valence-electron chi connectivity index (χ2n) is 9.20. The van der Waals surface area contributed by atoms with E-state index in [9.17, 15) is 41.5 Å². The molecule has 0 heterocycles. The SMILES string of the molecule is CC(C)(C)c1ccccc1NC(=O)C(=O)NCC(=O)NC(CC(=O)O)C(=O)COc1c(F)c(F)cc(F)c1F. The van der Waals surface area contributed by atoms with E-state index in [2.05, 4.69) is 10.1 Å². The molecule has 3 amide bonds. The molecule has 2 aromatic carbocycles. The lowest BCUT2D eigenvalue weighted by Gasteiger charge is -2.22. The van der Waals surface area contributed by atoms with Gasteiger partial charge in [0.15, 0.2) is 23.2 Å². The molecule has 0 aromatic heterocycles. The Kier molecular flexibility index (Phi) is 10.1. The summed E-state index contributed by atoms with van der Waals surface area (Å²) in [6.07, 6.45) is -1.01. The van der Waals surface area contributed by atoms with E-state index >= 15 is 0 Å². The van der Waals surface area contributed by atoms with Crippen LogP contribution >= 0.6 is 0 Å². The number of para-hydroxylation sites is 1. The molecule has 0 fully saturated rings. The predicted octanol–water partition coefficient (Wildman–Crippen LogP) is 2.20. The summed E-state index contributed by atoms with van der Waals surface area (Å²) in [6.45, 7) is 3.57. The topological polar surface area (TPSA) is 151 Å². The number of aliphatic carboxylic acids is 1. The highest BCUT2D eigenvalue weighted by atomic mass is 19.2. The molecule has 0 radical (unpaired) electrons. The van der Waals surface area contributed by atoms with Crippen LogP contribution in [-0.4, -0.2) is 53.8 Å². The molecular weight excluding hydrogens is 530 g/mol. The summed E-state index contributed by atoms with van der Waals surface area (Å²) in [6, 6.07) is 4.85. The van der Waals surface area contributed by atoms with Crippen molar-refractivity contribution in [2.24, 2.45) is 0 Å². The van der Waals surface area contributed by atoms with Crippen molar-refractivity contribution >= 4 is 35.2 Å². The number of hydrogen-bond acceptors (Lipinski definition) is 6. The van der Waals surface area contributed by atoms with Crippen LogP contribution in [0.3, 0.4) is 0 Å². The summed E-state index contributed by atoms with van der Waals surface area (Å²) < 4.78 is 58.6. The Morgan fingerprint density at radius 3 is 2.10 bits per heavy atom. The minimum absolute atomic E-state index is 0.0787. The summed E-state index contributed by atoms with van der Waals surface area (Å²) in [4.78, 5) is 60.1. The van der Waals surface area contributed by atoms with Crippen LogP contribution < -0.4 is 20.7 Å². The Balaban J connectivity index is 1.99. The van der Waals surface area contributed by atoms with Crippen molar-refractivity contribution < 1.29 is 51.4 Å². The maximum atomic E-state index is 13.7. The molecular formula is C25H25F4N3O7. The van der Waals surface area contributed by atoms with Crippen LogP contribution in [0.25, 0.3) is 0 Å². The number of hydrogen-bond donors (Lipinski definition) is 4. The number of benzene rings is 2. The molecule has 4 N–H and O–H groups in total. The second kappa shape index (κ2) is 12.8. The fourth-order valence-corrected chi connectivity index (χ4v) is 3.25.